The summed E-state index contributed by atoms with van der Waals surface area (Å²) in [4.78, 5) is 30.3. The van der Waals surface area contributed by atoms with Gasteiger partial charge in [-0.05, 0) is 37.1 Å². The van der Waals surface area contributed by atoms with Crippen molar-refractivity contribution in [3.63, 3.8) is 0 Å². The highest BCUT2D eigenvalue weighted by Gasteiger charge is 2.26. The molecule has 1 aliphatic rings. The minimum absolute atomic E-state index is 0.174. The van der Waals surface area contributed by atoms with E-state index in [0.29, 0.717) is 18.1 Å². The van der Waals surface area contributed by atoms with Crippen LogP contribution in [0.5, 0.6) is 5.75 Å². The largest absolute Gasteiger partial charge is 0.497 e. The molecule has 1 atom stereocenters. The van der Waals surface area contributed by atoms with Gasteiger partial charge in [0, 0.05) is 18.7 Å². The zero-order valence-corrected chi connectivity index (χ0v) is 14.5. The molecular formula is C18H20N6O2. The first-order valence-electron chi connectivity index (χ1n) is 8.55. The predicted octanol–water partition coefficient (Wildman–Crippen LogP) is 1.73. The van der Waals surface area contributed by atoms with E-state index in [4.69, 9.17) is 15.5 Å². The molecule has 8 nitrogen and oxygen atoms in total. The molecule has 134 valence electrons. The number of nitrogens with zero attached hydrogens (tertiary/aromatic N) is 4. The van der Waals surface area contributed by atoms with Crippen molar-refractivity contribution >= 4 is 23.0 Å². The van der Waals surface area contributed by atoms with E-state index in [1.807, 2.05) is 29.2 Å². The first-order chi connectivity index (χ1) is 12.7. The maximum Gasteiger partial charge on any atom is 0.228 e. The van der Waals surface area contributed by atoms with Crippen LogP contribution >= 0.6 is 0 Å². The third-order valence-corrected chi connectivity index (χ3v) is 4.74. The lowest BCUT2D eigenvalue weighted by molar-refractivity contribution is -0.122. The summed E-state index contributed by atoms with van der Waals surface area (Å²) in [6.45, 7) is 1.33. The molecule has 2 aromatic heterocycles. The molecule has 4 rings (SSSR count). The van der Waals surface area contributed by atoms with Gasteiger partial charge >= 0.3 is 0 Å². The minimum Gasteiger partial charge on any atom is -0.497 e. The van der Waals surface area contributed by atoms with Gasteiger partial charge in [-0.25, -0.2) is 9.97 Å². The number of nitrogens with two attached hydrogens (primary N) is 1. The Bertz CT molecular complexity index is 937. The molecule has 1 fully saturated rings. The van der Waals surface area contributed by atoms with Crippen LogP contribution in [0.3, 0.4) is 0 Å². The van der Waals surface area contributed by atoms with Crippen molar-refractivity contribution < 1.29 is 9.53 Å². The molecule has 0 saturated carbocycles. The molecule has 0 radical (unpaired) electrons. The molecular weight excluding hydrogens is 332 g/mol. The van der Waals surface area contributed by atoms with E-state index in [1.165, 1.54) is 0 Å². The molecule has 3 heterocycles. The predicted molar refractivity (Wildman–Crippen MR) is 97.8 cm³/mol. The van der Waals surface area contributed by atoms with Gasteiger partial charge in [0.1, 0.15) is 17.0 Å². The van der Waals surface area contributed by atoms with Crippen LogP contribution in [0, 0.1) is 5.92 Å². The lowest BCUT2D eigenvalue weighted by Gasteiger charge is -2.31. The van der Waals surface area contributed by atoms with Gasteiger partial charge in [0.05, 0.1) is 19.4 Å². The molecule has 1 aromatic carbocycles. The van der Waals surface area contributed by atoms with Gasteiger partial charge in [-0.3, -0.25) is 4.79 Å². The fraction of sp³-hybridized carbons (Fsp3) is 0.333. The monoisotopic (exact) mass is 352 g/mol. The molecule has 1 unspecified atom stereocenters. The molecule has 0 spiro atoms. The summed E-state index contributed by atoms with van der Waals surface area (Å²) < 4.78 is 5.23. The maximum atomic E-state index is 11.6. The minimum atomic E-state index is -0.272. The molecule has 1 aliphatic heterocycles. The summed E-state index contributed by atoms with van der Waals surface area (Å²) in [6.07, 6.45) is 3.30. The number of carbonyl (C=O) groups is 1. The Hall–Kier alpha value is -3.16. The van der Waals surface area contributed by atoms with Crippen molar-refractivity contribution in [1.29, 1.82) is 0 Å². The van der Waals surface area contributed by atoms with Gasteiger partial charge in [-0.1, -0.05) is 0 Å². The summed E-state index contributed by atoms with van der Waals surface area (Å²) in [5.41, 5.74) is 8.58. The van der Waals surface area contributed by atoms with E-state index < -0.39 is 0 Å². The number of amides is 1. The fourth-order valence-electron chi connectivity index (χ4n) is 3.31. The van der Waals surface area contributed by atoms with Crippen LogP contribution < -0.4 is 15.4 Å². The number of imidazole rings is 1. The third kappa shape index (κ3) is 2.94. The van der Waals surface area contributed by atoms with Gasteiger partial charge in [0.2, 0.25) is 11.9 Å². The Labute approximate surface area is 150 Å². The fourth-order valence-corrected chi connectivity index (χ4v) is 3.31. The number of ether oxygens (including phenoxy) is 1. The topological polar surface area (TPSA) is 110 Å². The van der Waals surface area contributed by atoms with Gasteiger partial charge in [-0.15, -0.1) is 0 Å². The zero-order chi connectivity index (χ0) is 18.1. The number of aromatic nitrogens is 4. The number of fused-ring (bicyclic) bond motifs is 1. The van der Waals surface area contributed by atoms with Gasteiger partial charge < -0.3 is 20.4 Å². The molecule has 1 saturated heterocycles. The number of carbonyl (C=O) groups excluding carboxylic acids is 1. The van der Waals surface area contributed by atoms with Crippen LogP contribution in [0.15, 0.2) is 30.6 Å². The SMILES string of the molecule is COc1ccc(-c2nc(N3CCCC(C(N)=O)C3)nc3nc[nH]c23)cc1. The van der Waals surface area contributed by atoms with E-state index in [-0.39, 0.29) is 11.8 Å². The molecule has 0 aliphatic carbocycles. The van der Waals surface area contributed by atoms with Gasteiger partial charge in [-0.2, -0.15) is 4.98 Å². The molecule has 26 heavy (non-hydrogen) atoms. The Morgan fingerprint density at radius 2 is 2.12 bits per heavy atom. The number of hydrogen-bond acceptors (Lipinski definition) is 6. The standard InChI is InChI=1S/C18H20N6O2/c1-26-13-6-4-11(5-7-13)14-15-17(21-10-20-15)23-18(22-14)24-8-2-3-12(9-24)16(19)25/h4-7,10,12H,2-3,8-9H2,1H3,(H2,19,25)(H,20,21,22,23). The first kappa shape index (κ1) is 16.3. The quantitative estimate of drug-likeness (QED) is 0.740. The number of anilines is 1. The number of benzene rings is 1. The summed E-state index contributed by atoms with van der Waals surface area (Å²) in [5.74, 6) is 0.906. The first-order valence-corrected chi connectivity index (χ1v) is 8.55. The van der Waals surface area contributed by atoms with Crippen molar-refractivity contribution in [2.24, 2.45) is 11.7 Å². The Morgan fingerprint density at radius 3 is 2.85 bits per heavy atom. The number of rotatable bonds is 4. The second kappa shape index (κ2) is 6.62. The number of aromatic amines is 1. The van der Waals surface area contributed by atoms with E-state index in [9.17, 15) is 4.79 Å². The zero-order valence-electron chi connectivity index (χ0n) is 14.5. The summed E-state index contributed by atoms with van der Waals surface area (Å²) in [6, 6.07) is 7.69. The number of primary amides is 1. The van der Waals surface area contributed by atoms with E-state index in [2.05, 4.69) is 15.0 Å². The van der Waals surface area contributed by atoms with Crippen molar-refractivity contribution in [2.75, 3.05) is 25.1 Å². The van der Waals surface area contributed by atoms with E-state index in [1.54, 1.807) is 13.4 Å². The van der Waals surface area contributed by atoms with Crippen LogP contribution in [-0.2, 0) is 4.79 Å². The number of H-pyrrole nitrogens is 1. The second-order valence-corrected chi connectivity index (χ2v) is 6.39. The van der Waals surface area contributed by atoms with Gasteiger partial charge in [0.15, 0.2) is 5.65 Å². The number of nitrogens with one attached hydrogen (secondary N) is 1. The van der Waals surface area contributed by atoms with Crippen molar-refractivity contribution in [3.8, 4) is 17.0 Å². The average Bonchev–Trinajstić information content (AvgIpc) is 3.16. The summed E-state index contributed by atoms with van der Waals surface area (Å²) in [5, 5.41) is 0. The normalized spacial score (nSPS) is 17.4. The summed E-state index contributed by atoms with van der Waals surface area (Å²) >= 11 is 0. The van der Waals surface area contributed by atoms with Crippen LogP contribution in [-0.4, -0.2) is 46.0 Å². The van der Waals surface area contributed by atoms with Crippen LogP contribution in [0.4, 0.5) is 5.95 Å². The highest BCUT2D eigenvalue weighted by molar-refractivity contribution is 5.88. The maximum absolute atomic E-state index is 11.6. The number of piperidine rings is 1. The van der Waals surface area contributed by atoms with Gasteiger partial charge in [0.25, 0.3) is 0 Å². The highest BCUT2D eigenvalue weighted by atomic mass is 16.5. The van der Waals surface area contributed by atoms with E-state index in [0.717, 1.165) is 41.9 Å². The Kier molecular flexibility index (Phi) is 4.16. The van der Waals surface area contributed by atoms with Crippen molar-refractivity contribution in [1.82, 2.24) is 19.9 Å². The van der Waals surface area contributed by atoms with Crippen LogP contribution in [0.2, 0.25) is 0 Å². The Morgan fingerprint density at radius 1 is 1.31 bits per heavy atom. The number of hydrogen-bond donors (Lipinski definition) is 2. The molecule has 8 heteroatoms. The van der Waals surface area contributed by atoms with E-state index >= 15 is 0 Å². The summed E-state index contributed by atoms with van der Waals surface area (Å²) in [7, 11) is 1.64. The van der Waals surface area contributed by atoms with Crippen LogP contribution in [0.1, 0.15) is 12.8 Å². The molecule has 3 aromatic rings. The molecule has 1 amide bonds. The lowest BCUT2D eigenvalue weighted by Crippen LogP contribution is -2.42. The van der Waals surface area contributed by atoms with Crippen LogP contribution in [0.25, 0.3) is 22.4 Å². The molecule has 3 N–H and O–H groups in total. The van der Waals surface area contributed by atoms with Crippen molar-refractivity contribution in [3.05, 3.63) is 30.6 Å². The average molecular weight is 352 g/mol. The van der Waals surface area contributed by atoms with Crippen molar-refractivity contribution in [2.45, 2.75) is 12.8 Å². The third-order valence-electron chi connectivity index (χ3n) is 4.74. The lowest BCUT2D eigenvalue weighted by atomic mass is 9.98. The number of methoxy groups -OCH3 is 1. The second-order valence-electron chi connectivity index (χ2n) is 6.39. The smallest absolute Gasteiger partial charge is 0.228 e. The Balaban J connectivity index is 1.76. The highest BCUT2D eigenvalue weighted by Crippen LogP contribution is 2.29. The molecule has 0 bridgehead atoms.